The highest BCUT2D eigenvalue weighted by molar-refractivity contribution is 7.78. The molecular weight excluding hydrogens is 156 g/mol. The van der Waals surface area contributed by atoms with Crippen LogP contribution < -0.4 is 0 Å². The summed E-state index contributed by atoms with van der Waals surface area (Å²) < 4.78 is 1.90. The van der Waals surface area contributed by atoms with Crippen LogP contribution in [0.25, 0.3) is 0 Å². The lowest BCUT2D eigenvalue weighted by atomic mass is 10.2. The molecule has 2 nitrogen and oxygen atoms in total. The summed E-state index contributed by atoms with van der Waals surface area (Å²) in [6.07, 6.45) is 0.832. The molecule has 0 atom stereocenters. The second-order valence-corrected chi connectivity index (χ2v) is 2.98. The maximum atomic E-state index is 4.80. The highest BCUT2D eigenvalue weighted by Crippen LogP contribution is 2.10. The molecule has 1 heterocycles. The minimum atomic E-state index is 0.832. The molecule has 1 rings (SSSR count). The molecule has 1 aromatic heterocycles. The quantitative estimate of drug-likeness (QED) is 0.624. The number of nitrogens with zero attached hydrogens (tertiary/aromatic N) is 2. The van der Waals surface area contributed by atoms with Gasteiger partial charge in [-0.15, -0.1) is 0 Å². The molecule has 0 amide bonds. The Morgan fingerprint density at radius 2 is 2.18 bits per heavy atom. The average molecular weight is 168 g/mol. The third-order valence-corrected chi connectivity index (χ3v) is 2.11. The Bertz CT molecular complexity index is 276. The predicted molar refractivity (Wildman–Crippen MR) is 50.0 cm³/mol. The predicted octanol–water partition coefficient (Wildman–Crippen LogP) is 1.58. The van der Waals surface area contributed by atoms with Gasteiger partial charge in [-0.05, 0) is 24.8 Å². The highest BCUT2D eigenvalue weighted by atomic mass is 32.1. The van der Waals surface area contributed by atoms with E-state index in [-0.39, 0.29) is 0 Å². The summed E-state index contributed by atoms with van der Waals surface area (Å²) in [5.74, 6) is 0. The van der Waals surface area contributed by atoms with Gasteiger partial charge in [-0.1, -0.05) is 12.2 Å². The summed E-state index contributed by atoms with van der Waals surface area (Å²) in [6.45, 7) is 4.10. The maximum absolute atomic E-state index is 4.80. The SMILES string of the molecule is Cc1nn(C)c(CC=S)c1C. The standard InChI is InChI=1S/C8H12N2S/c1-6-7(2)9-10(3)8(6)4-5-11/h5H,4H2,1-3H3. The third kappa shape index (κ3) is 1.48. The molecule has 0 spiro atoms. The first-order chi connectivity index (χ1) is 5.16. The zero-order valence-electron chi connectivity index (χ0n) is 7.09. The minimum Gasteiger partial charge on any atom is -0.272 e. The summed E-state index contributed by atoms with van der Waals surface area (Å²) in [6, 6.07) is 0. The van der Waals surface area contributed by atoms with Crippen LogP contribution in [0.5, 0.6) is 0 Å². The van der Waals surface area contributed by atoms with Crippen molar-refractivity contribution in [2.45, 2.75) is 20.3 Å². The topological polar surface area (TPSA) is 17.8 Å². The molecule has 0 aromatic carbocycles. The molecule has 60 valence electrons. The van der Waals surface area contributed by atoms with E-state index < -0.39 is 0 Å². The largest absolute Gasteiger partial charge is 0.272 e. The van der Waals surface area contributed by atoms with Gasteiger partial charge in [0.2, 0.25) is 0 Å². The lowest BCUT2D eigenvalue weighted by Gasteiger charge is -1.96. The molecule has 1 aromatic rings. The molecule has 0 fully saturated rings. The zero-order chi connectivity index (χ0) is 8.43. The maximum Gasteiger partial charge on any atom is 0.0625 e. The number of aryl methyl sites for hydroxylation is 2. The van der Waals surface area contributed by atoms with Crippen LogP contribution in [-0.2, 0) is 13.5 Å². The Hall–Kier alpha value is -0.700. The van der Waals surface area contributed by atoms with E-state index in [4.69, 9.17) is 12.2 Å². The molecule has 11 heavy (non-hydrogen) atoms. The molecule has 0 aliphatic heterocycles. The van der Waals surface area contributed by atoms with Gasteiger partial charge in [0.15, 0.2) is 0 Å². The molecule has 0 aliphatic rings. The third-order valence-electron chi connectivity index (χ3n) is 1.94. The van der Waals surface area contributed by atoms with Crippen LogP contribution in [0, 0.1) is 13.8 Å². The second kappa shape index (κ2) is 3.13. The monoisotopic (exact) mass is 168 g/mol. The lowest BCUT2D eigenvalue weighted by Crippen LogP contribution is -1.99. The van der Waals surface area contributed by atoms with Crippen LogP contribution in [0.2, 0.25) is 0 Å². The van der Waals surface area contributed by atoms with E-state index in [1.807, 2.05) is 18.7 Å². The molecular formula is C8H12N2S. The van der Waals surface area contributed by atoms with Crippen LogP contribution >= 0.6 is 12.2 Å². The van der Waals surface area contributed by atoms with E-state index in [1.54, 1.807) is 5.37 Å². The Balaban J connectivity index is 3.11. The van der Waals surface area contributed by atoms with Gasteiger partial charge in [-0.2, -0.15) is 5.10 Å². The normalized spacial score (nSPS) is 10.1. The average Bonchev–Trinajstić information content (AvgIpc) is 2.17. The lowest BCUT2D eigenvalue weighted by molar-refractivity contribution is 0.724. The van der Waals surface area contributed by atoms with Crippen LogP contribution in [0.3, 0.4) is 0 Å². The first kappa shape index (κ1) is 8.40. The van der Waals surface area contributed by atoms with Gasteiger partial charge < -0.3 is 0 Å². The van der Waals surface area contributed by atoms with E-state index in [1.165, 1.54) is 11.3 Å². The Labute approximate surface area is 72.2 Å². The van der Waals surface area contributed by atoms with Gasteiger partial charge in [-0.25, -0.2) is 0 Å². The van der Waals surface area contributed by atoms with Crippen molar-refractivity contribution in [3.8, 4) is 0 Å². The Kier molecular flexibility index (Phi) is 2.39. The van der Waals surface area contributed by atoms with Gasteiger partial charge >= 0.3 is 0 Å². The molecule has 0 N–H and O–H groups in total. The van der Waals surface area contributed by atoms with E-state index in [0.717, 1.165) is 12.1 Å². The molecule has 3 heteroatoms. The fraction of sp³-hybridized carbons (Fsp3) is 0.500. The smallest absolute Gasteiger partial charge is 0.0625 e. The van der Waals surface area contributed by atoms with E-state index in [9.17, 15) is 0 Å². The number of hydrogen-bond acceptors (Lipinski definition) is 2. The van der Waals surface area contributed by atoms with Gasteiger partial charge in [0.05, 0.1) is 5.69 Å². The van der Waals surface area contributed by atoms with Gasteiger partial charge in [0.25, 0.3) is 0 Å². The van der Waals surface area contributed by atoms with E-state index >= 15 is 0 Å². The van der Waals surface area contributed by atoms with Crippen LogP contribution in [-0.4, -0.2) is 15.1 Å². The van der Waals surface area contributed by atoms with Gasteiger partial charge in [0.1, 0.15) is 0 Å². The van der Waals surface area contributed by atoms with Crippen molar-refractivity contribution in [2.75, 3.05) is 0 Å². The number of thiocarbonyl (C=S) groups is 1. The summed E-state index contributed by atoms with van der Waals surface area (Å²) in [4.78, 5) is 0. The fourth-order valence-corrected chi connectivity index (χ4v) is 1.33. The van der Waals surface area contributed by atoms with Crippen molar-refractivity contribution >= 4 is 17.6 Å². The fourth-order valence-electron chi connectivity index (χ4n) is 1.18. The highest BCUT2D eigenvalue weighted by Gasteiger charge is 2.06. The Morgan fingerprint density at radius 1 is 1.55 bits per heavy atom. The number of hydrogen-bond donors (Lipinski definition) is 0. The second-order valence-electron chi connectivity index (χ2n) is 2.65. The summed E-state index contributed by atoms with van der Waals surface area (Å²) >= 11 is 4.80. The zero-order valence-corrected chi connectivity index (χ0v) is 7.90. The van der Waals surface area contributed by atoms with Gasteiger partial charge in [-0.3, -0.25) is 4.68 Å². The number of rotatable bonds is 2. The summed E-state index contributed by atoms with van der Waals surface area (Å²) in [5.41, 5.74) is 3.57. The molecule has 0 saturated carbocycles. The summed E-state index contributed by atoms with van der Waals surface area (Å²) in [5, 5.41) is 6.02. The van der Waals surface area contributed by atoms with Crippen molar-refractivity contribution in [3.05, 3.63) is 17.0 Å². The van der Waals surface area contributed by atoms with E-state index in [0.29, 0.717) is 0 Å². The van der Waals surface area contributed by atoms with Crippen molar-refractivity contribution in [1.82, 2.24) is 9.78 Å². The summed E-state index contributed by atoms with van der Waals surface area (Å²) in [7, 11) is 1.95. The first-order valence-corrected chi connectivity index (χ1v) is 4.06. The molecule has 0 radical (unpaired) electrons. The van der Waals surface area contributed by atoms with Crippen LogP contribution in [0.15, 0.2) is 0 Å². The minimum absolute atomic E-state index is 0.832. The first-order valence-electron chi connectivity index (χ1n) is 3.59. The van der Waals surface area contributed by atoms with Crippen molar-refractivity contribution in [1.29, 1.82) is 0 Å². The Morgan fingerprint density at radius 3 is 2.55 bits per heavy atom. The van der Waals surface area contributed by atoms with Crippen LogP contribution in [0.1, 0.15) is 17.0 Å². The molecule has 0 bridgehead atoms. The number of aromatic nitrogens is 2. The van der Waals surface area contributed by atoms with E-state index in [2.05, 4.69) is 12.0 Å². The van der Waals surface area contributed by atoms with Crippen molar-refractivity contribution in [2.24, 2.45) is 7.05 Å². The van der Waals surface area contributed by atoms with Gasteiger partial charge in [0, 0.05) is 19.2 Å². The molecule has 0 aliphatic carbocycles. The van der Waals surface area contributed by atoms with Crippen LogP contribution in [0.4, 0.5) is 0 Å². The molecule has 0 saturated heterocycles. The van der Waals surface area contributed by atoms with Crippen molar-refractivity contribution < 1.29 is 0 Å². The molecule has 0 unspecified atom stereocenters. The van der Waals surface area contributed by atoms with Crippen molar-refractivity contribution in [3.63, 3.8) is 0 Å².